The van der Waals surface area contributed by atoms with Crippen LogP contribution in [0.5, 0.6) is 11.8 Å². The van der Waals surface area contributed by atoms with E-state index in [2.05, 4.69) is 73.5 Å². The summed E-state index contributed by atoms with van der Waals surface area (Å²) in [6.45, 7) is 4.60. The predicted octanol–water partition coefficient (Wildman–Crippen LogP) is 5.53. The van der Waals surface area contributed by atoms with Gasteiger partial charge in [0.25, 0.3) is 0 Å². The molecule has 3 heterocycles. The summed E-state index contributed by atoms with van der Waals surface area (Å²) in [4.78, 5) is 19.6. The molecule has 1 atom stereocenters. The summed E-state index contributed by atoms with van der Waals surface area (Å²) in [5.74, 6) is 1.59. The van der Waals surface area contributed by atoms with Gasteiger partial charge in [-0.2, -0.15) is 9.97 Å². The fourth-order valence-electron chi connectivity index (χ4n) is 6.24. The van der Waals surface area contributed by atoms with E-state index in [1.807, 2.05) is 12.3 Å². The van der Waals surface area contributed by atoms with E-state index in [-0.39, 0.29) is 5.54 Å². The lowest BCUT2D eigenvalue weighted by Crippen LogP contribution is -2.54. The Balaban J connectivity index is 1.44. The van der Waals surface area contributed by atoms with E-state index < -0.39 is 0 Å². The first-order valence-electron chi connectivity index (χ1n) is 14.4. The quantitative estimate of drug-likeness (QED) is 0.297. The fraction of sp³-hybridized carbons (Fsp3) is 0.469. The van der Waals surface area contributed by atoms with Crippen LogP contribution in [0.2, 0.25) is 0 Å². The number of hydrogen-bond donors (Lipinski definition) is 1. The first-order valence-corrected chi connectivity index (χ1v) is 14.4. The van der Waals surface area contributed by atoms with Crippen LogP contribution < -0.4 is 14.8 Å². The molecule has 0 radical (unpaired) electrons. The molecule has 8 nitrogen and oxygen atoms in total. The lowest BCUT2D eigenvalue weighted by Gasteiger charge is -2.47. The van der Waals surface area contributed by atoms with Crippen molar-refractivity contribution in [1.29, 1.82) is 0 Å². The third-order valence-electron chi connectivity index (χ3n) is 9.18. The zero-order chi connectivity index (χ0) is 27.9. The Labute approximate surface area is 236 Å². The van der Waals surface area contributed by atoms with Gasteiger partial charge in [0.1, 0.15) is 18.2 Å². The average molecular weight is 541 g/mol. The molecule has 0 spiro atoms. The van der Waals surface area contributed by atoms with Gasteiger partial charge < -0.3 is 24.6 Å². The second-order valence-electron chi connectivity index (χ2n) is 11.7. The first kappa shape index (κ1) is 26.7. The highest BCUT2D eigenvalue weighted by molar-refractivity contribution is 6.01. The number of methoxy groups -OCH3 is 1. The van der Waals surface area contributed by atoms with Gasteiger partial charge in [0.05, 0.1) is 23.7 Å². The van der Waals surface area contributed by atoms with Crippen molar-refractivity contribution >= 4 is 27.5 Å². The Morgan fingerprint density at radius 3 is 2.62 bits per heavy atom. The van der Waals surface area contributed by atoms with Crippen molar-refractivity contribution in [3.63, 3.8) is 0 Å². The highest BCUT2D eigenvalue weighted by atomic mass is 16.5. The number of nitrogens with one attached hydrogen (secondary N) is 1. The van der Waals surface area contributed by atoms with Crippen molar-refractivity contribution in [3.05, 3.63) is 48.2 Å². The molecule has 0 bridgehead atoms. The Morgan fingerprint density at radius 1 is 1.10 bits per heavy atom. The molecule has 4 aromatic rings. The molecule has 40 heavy (non-hydrogen) atoms. The molecular formula is C32H40N6O2. The van der Waals surface area contributed by atoms with Crippen molar-refractivity contribution in [2.75, 3.05) is 53.3 Å². The maximum absolute atomic E-state index is 6.28. The van der Waals surface area contributed by atoms with E-state index in [4.69, 9.17) is 24.4 Å². The maximum Gasteiger partial charge on any atom is 0.319 e. The second-order valence-corrected chi connectivity index (χ2v) is 11.7. The molecule has 2 aliphatic rings. The van der Waals surface area contributed by atoms with E-state index in [1.165, 1.54) is 25.7 Å². The van der Waals surface area contributed by atoms with Gasteiger partial charge in [-0.1, -0.05) is 24.3 Å². The molecule has 0 amide bonds. The molecular weight excluding hydrogens is 500 g/mol. The van der Waals surface area contributed by atoms with Gasteiger partial charge in [-0.15, -0.1) is 0 Å². The Morgan fingerprint density at radius 2 is 1.93 bits per heavy atom. The van der Waals surface area contributed by atoms with Crippen LogP contribution in [-0.4, -0.2) is 84.3 Å². The van der Waals surface area contributed by atoms with Gasteiger partial charge in [-0.05, 0) is 89.6 Å². The molecule has 1 N–H and O–H groups in total. The molecule has 210 valence electrons. The van der Waals surface area contributed by atoms with Gasteiger partial charge in [0.15, 0.2) is 0 Å². The number of likely N-dealkylation sites (tertiary alicyclic amines) is 1. The van der Waals surface area contributed by atoms with E-state index in [1.54, 1.807) is 7.11 Å². The van der Waals surface area contributed by atoms with Crippen molar-refractivity contribution in [3.8, 4) is 23.0 Å². The predicted molar refractivity (Wildman–Crippen MR) is 161 cm³/mol. The summed E-state index contributed by atoms with van der Waals surface area (Å²) >= 11 is 0. The highest BCUT2D eigenvalue weighted by Crippen LogP contribution is 2.39. The maximum atomic E-state index is 6.28. The number of ether oxygens (including phenoxy) is 2. The van der Waals surface area contributed by atoms with E-state index in [9.17, 15) is 0 Å². The third-order valence-corrected chi connectivity index (χ3v) is 9.18. The standard InChI is InChI=1S/C32H40N6O2/c1-21-28(26-17-24(39-5)16-22-10-6-7-12-25(22)26)33-18-27-29(21)35-31(40-19-23-11-8-15-38(23)4)36-30(27)34-20-32(37(2)3)13-9-14-32/h6-7,10,12,16-18,23H,8-9,11,13-15,19-20H2,1-5H3,(H,34,35,36)/t23-/m0/s1. The third kappa shape index (κ3) is 4.84. The molecule has 1 saturated heterocycles. The van der Waals surface area contributed by atoms with E-state index in [0.717, 1.165) is 69.6 Å². The number of nitrogens with zero attached hydrogens (tertiary/aromatic N) is 5. The van der Waals surface area contributed by atoms with Gasteiger partial charge in [-0.3, -0.25) is 4.98 Å². The summed E-state index contributed by atoms with van der Waals surface area (Å²) in [7, 11) is 8.20. The fourth-order valence-corrected chi connectivity index (χ4v) is 6.24. The number of aromatic nitrogens is 3. The SMILES string of the molecule is COc1cc(-c2ncc3c(NCC4(N(C)C)CCC4)nc(OC[C@@H]4CCCN4C)nc3c2C)c2ccccc2c1. The highest BCUT2D eigenvalue weighted by Gasteiger charge is 2.39. The minimum absolute atomic E-state index is 0.146. The van der Waals surface area contributed by atoms with Crippen LogP contribution in [0, 0.1) is 6.92 Å². The normalized spacial score (nSPS) is 18.8. The number of hydrogen-bond acceptors (Lipinski definition) is 8. The van der Waals surface area contributed by atoms with Crippen LogP contribution in [0.25, 0.3) is 32.9 Å². The molecule has 6 rings (SSSR count). The molecule has 1 saturated carbocycles. The lowest BCUT2D eigenvalue weighted by atomic mass is 9.75. The Kier molecular flexibility index (Phi) is 7.23. The smallest absolute Gasteiger partial charge is 0.319 e. The number of rotatable bonds is 9. The van der Waals surface area contributed by atoms with Crippen molar-refractivity contribution in [2.45, 2.75) is 50.6 Å². The van der Waals surface area contributed by atoms with Gasteiger partial charge in [0, 0.05) is 35.4 Å². The largest absolute Gasteiger partial charge is 0.497 e. The summed E-state index contributed by atoms with van der Waals surface area (Å²) < 4.78 is 11.9. The van der Waals surface area contributed by atoms with Gasteiger partial charge in [-0.25, -0.2) is 0 Å². The van der Waals surface area contributed by atoms with Crippen LogP contribution in [0.15, 0.2) is 42.6 Å². The van der Waals surface area contributed by atoms with Crippen LogP contribution in [-0.2, 0) is 0 Å². The molecule has 2 aromatic heterocycles. The summed E-state index contributed by atoms with van der Waals surface area (Å²) in [6, 6.07) is 13.3. The second kappa shape index (κ2) is 10.8. The van der Waals surface area contributed by atoms with Gasteiger partial charge in [0.2, 0.25) is 0 Å². The van der Waals surface area contributed by atoms with E-state index in [0.29, 0.717) is 18.7 Å². The summed E-state index contributed by atoms with van der Waals surface area (Å²) in [5.41, 5.74) is 3.91. The van der Waals surface area contributed by atoms with Crippen molar-refractivity contribution < 1.29 is 9.47 Å². The lowest BCUT2D eigenvalue weighted by molar-refractivity contribution is 0.0738. The number of aryl methyl sites for hydroxylation is 1. The van der Waals surface area contributed by atoms with Crippen LogP contribution >= 0.6 is 0 Å². The summed E-state index contributed by atoms with van der Waals surface area (Å²) in [6.07, 6.45) is 7.86. The minimum Gasteiger partial charge on any atom is -0.497 e. The van der Waals surface area contributed by atoms with Crippen LogP contribution in [0.1, 0.15) is 37.7 Å². The number of anilines is 1. The van der Waals surface area contributed by atoms with Crippen molar-refractivity contribution in [2.24, 2.45) is 0 Å². The van der Waals surface area contributed by atoms with Crippen LogP contribution in [0.3, 0.4) is 0 Å². The first-order chi connectivity index (χ1) is 19.4. The molecule has 0 unspecified atom stereocenters. The summed E-state index contributed by atoms with van der Waals surface area (Å²) in [5, 5.41) is 6.83. The van der Waals surface area contributed by atoms with E-state index >= 15 is 0 Å². The zero-order valence-corrected chi connectivity index (χ0v) is 24.3. The Hall–Kier alpha value is -3.49. The molecule has 1 aliphatic carbocycles. The molecule has 8 heteroatoms. The van der Waals surface area contributed by atoms with Crippen LogP contribution in [0.4, 0.5) is 5.82 Å². The molecule has 2 fully saturated rings. The molecule has 1 aliphatic heterocycles. The van der Waals surface area contributed by atoms with Gasteiger partial charge >= 0.3 is 6.01 Å². The topological polar surface area (TPSA) is 75.6 Å². The van der Waals surface area contributed by atoms with Crippen molar-refractivity contribution in [1.82, 2.24) is 24.8 Å². The average Bonchev–Trinajstić information content (AvgIpc) is 3.35. The monoisotopic (exact) mass is 540 g/mol. The minimum atomic E-state index is 0.146. The number of pyridine rings is 1. The molecule has 2 aromatic carbocycles. The number of likely N-dealkylation sites (N-methyl/N-ethyl adjacent to an activating group) is 2. The zero-order valence-electron chi connectivity index (χ0n) is 24.3. The Bertz CT molecular complexity index is 1530. The number of benzene rings is 2. The number of fused-ring (bicyclic) bond motifs is 2.